The minimum absolute atomic E-state index is 0.227. The molecular formula is C16H21BO3S. The van der Waals surface area contributed by atoms with Gasteiger partial charge in [-0.15, -0.1) is 0 Å². The Kier molecular flexibility index (Phi) is 5.76. The first-order chi connectivity index (χ1) is 10.1. The maximum atomic E-state index is 12.1. The second-order valence-corrected chi connectivity index (χ2v) is 6.50. The number of hydrogen-bond acceptors (Lipinski definition) is 4. The highest BCUT2D eigenvalue weighted by Crippen LogP contribution is 2.40. The van der Waals surface area contributed by atoms with Crippen LogP contribution < -0.4 is 0 Å². The van der Waals surface area contributed by atoms with Crippen LogP contribution in [0.3, 0.4) is 0 Å². The van der Waals surface area contributed by atoms with Gasteiger partial charge < -0.3 is 9.47 Å². The van der Waals surface area contributed by atoms with Crippen molar-refractivity contribution in [2.24, 2.45) is 0 Å². The van der Waals surface area contributed by atoms with E-state index < -0.39 is 5.60 Å². The molecule has 0 bridgehead atoms. The average molecular weight is 304 g/mol. The van der Waals surface area contributed by atoms with Crippen molar-refractivity contribution in [1.82, 2.24) is 0 Å². The summed E-state index contributed by atoms with van der Waals surface area (Å²) < 4.78 is 11.2. The van der Waals surface area contributed by atoms with E-state index in [-0.39, 0.29) is 23.6 Å². The summed E-state index contributed by atoms with van der Waals surface area (Å²) in [6.45, 7) is 2.33. The van der Waals surface area contributed by atoms with Gasteiger partial charge in [-0.25, -0.2) is 0 Å². The number of thioether (sulfide) groups is 1. The average Bonchev–Trinajstić information content (AvgIpc) is 2.82. The summed E-state index contributed by atoms with van der Waals surface area (Å²) in [4.78, 5) is 12.1. The lowest BCUT2D eigenvalue weighted by Gasteiger charge is -2.26. The van der Waals surface area contributed by atoms with E-state index in [1.54, 1.807) is 11.8 Å². The Morgan fingerprint density at radius 3 is 2.76 bits per heavy atom. The van der Waals surface area contributed by atoms with Gasteiger partial charge in [0.2, 0.25) is 0 Å². The monoisotopic (exact) mass is 304 g/mol. The van der Waals surface area contributed by atoms with Gasteiger partial charge in [-0.05, 0) is 24.7 Å². The molecule has 1 aromatic rings. The molecule has 0 spiro atoms. The van der Waals surface area contributed by atoms with Gasteiger partial charge in [-0.1, -0.05) is 37.3 Å². The first kappa shape index (κ1) is 16.4. The normalized spacial score (nSPS) is 28.5. The number of carbonyl (C=O) groups is 1. The van der Waals surface area contributed by atoms with E-state index in [0.29, 0.717) is 6.61 Å². The highest BCUT2D eigenvalue weighted by molar-refractivity contribution is 7.99. The van der Waals surface area contributed by atoms with Gasteiger partial charge in [0.1, 0.15) is 14.5 Å². The fourth-order valence-electron chi connectivity index (χ4n) is 2.63. The molecule has 0 N–H and O–H groups in total. The largest absolute Gasteiger partial charge is 0.461 e. The van der Waals surface area contributed by atoms with Crippen molar-refractivity contribution in [3.63, 3.8) is 0 Å². The minimum Gasteiger partial charge on any atom is -0.461 e. The molecule has 2 rings (SSSR count). The number of esters is 1. The second-order valence-electron chi connectivity index (χ2n) is 5.42. The molecule has 2 unspecified atom stereocenters. The SMILES string of the molecule is [B]C1O[C@@](CC)(CC(=O)OCc2ccccc2)CC1SC. The molecule has 0 aromatic heterocycles. The molecule has 21 heavy (non-hydrogen) atoms. The third kappa shape index (κ3) is 4.27. The quantitative estimate of drug-likeness (QED) is 0.598. The summed E-state index contributed by atoms with van der Waals surface area (Å²) in [5.74, 6) is -0.227. The molecular weight excluding hydrogens is 283 g/mol. The van der Waals surface area contributed by atoms with Crippen molar-refractivity contribution in [2.75, 3.05) is 6.26 Å². The summed E-state index contributed by atoms with van der Waals surface area (Å²) in [7, 11) is 5.99. The van der Waals surface area contributed by atoms with Gasteiger partial charge in [0.05, 0.1) is 12.0 Å². The van der Waals surface area contributed by atoms with E-state index in [0.717, 1.165) is 18.4 Å². The van der Waals surface area contributed by atoms with Gasteiger partial charge in [-0.2, -0.15) is 11.8 Å². The van der Waals surface area contributed by atoms with Crippen molar-refractivity contribution in [3.8, 4) is 0 Å². The van der Waals surface area contributed by atoms with E-state index in [1.165, 1.54) is 0 Å². The highest BCUT2D eigenvalue weighted by Gasteiger charge is 2.44. The maximum absolute atomic E-state index is 12.1. The van der Waals surface area contributed by atoms with Gasteiger partial charge >= 0.3 is 5.97 Å². The molecule has 3 nitrogen and oxygen atoms in total. The van der Waals surface area contributed by atoms with Crippen molar-refractivity contribution in [2.45, 2.75) is 49.6 Å². The van der Waals surface area contributed by atoms with Crippen LogP contribution in [0.2, 0.25) is 0 Å². The van der Waals surface area contributed by atoms with Crippen molar-refractivity contribution < 1.29 is 14.3 Å². The molecule has 1 aliphatic rings. The third-order valence-electron chi connectivity index (χ3n) is 3.98. The van der Waals surface area contributed by atoms with Crippen molar-refractivity contribution in [3.05, 3.63) is 35.9 Å². The predicted octanol–water partition coefficient (Wildman–Crippen LogP) is 2.92. The fraction of sp³-hybridized carbons (Fsp3) is 0.562. The zero-order chi connectivity index (χ0) is 15.3. The molecule has 0 amide bonds. The van der Waals surface area contributed by atoms with Crippen LogP contribution in [0.1, 0.15) is 31.7 Å². The van der Waals surface area contributed by atoms with E-state index in [2.05, 4.69) is 0 Å². The summed E-state index contributed by atoms with van der Waals surface area (Å²) in [5, 5.41) is 0.242. The minimum atomic E-state index is -0.471. The smallest absolute Gasteiger partial charge is 0.309 e. The highest BCUT2D eigenvalue weighted by atomic mass is 32.2. The van der Waals surface area contributed by atoms with Gasteiger partial charge in [0.15, 0.2) is 0 Å². The van der Waals surface area contributed by atoms with Crippen LogP contribution in [-0.2, 0) is 20.9 Å². The number of carbonyl (C=O) groups excluding carboxylic acids is 1. The molecule has 5 heteroatoms. The Morgan fingerprint density at radius 2 is 2.19 bits per heavy atom. The molecule has 0 aliphatic carbocycles. The molecule has 3 atom stereocenters. The standard InChI is InChI=1S/C16H21BO3S/c1-3-16(9-13(21-2)15(17)20-16)10-14(18)19-11-12-7-5-4-6-8-12/h4-8,13,15H,3,9-11H2,1-2H3/t13?,15?,16-/m1/s1. The van der Waals surface area contributed by atoms with Gasteiger partial charge in [-0.3, -0.25) is 4.79 Å². The van der Waals surface area contributed by atoms with Crippen LogP contribution in [-0.4, -0.2) is 36.9 Å². The van der Waals surface area contributed by atoms with Crippen LogP contribution in [0, 0.1) is 0 Å². The Balaban J connectivity index is 1.89. The number of benzene rings is 1. The second kappa shape index (κ2) is 7.36. The third-order valence-corrected chi connectivity index (χ3v) is 5.02. The van der Waals surface area contributed by atoms with Gasteiger partial charge in [0, 0.05) is 11.3 Å². The van der Waals surface area contributed by atoms with Crippen LogP contribution >= 0.6 is 11.8 Å². The number of rotatable bonds is 6. The Hall–Kier alpha value is -0.935. The molecule has 1 aliphatic heterocycles. The summed E-state index contributed by atoms with van der Waals surface area (Å²) in [6.07, 6.45) is 3.85. The topological polar surface area (TPSA) is 35.5 Å². The summed E-state index contributed by atoms with van der Waals surface area (Å²) in [5.41, 5.74) is 0.517. The van der Waals surface area contributed by atoms with Crippen LogP contribution in [0.25, 0.3) is 0 Å². The molecule has 112 valence electrons. The van der Waals surface area contributed by atoms with Crippen molar-refractivity contribution in [1.29, 1.82) is 0 Å². The van der Waals surface area contributed by atoms with E-state index in [9.17, 15) is 4.79 Å². The summed E-state index contributed by atoms with van der Waals surface area (Å²) in [6, 6.07) is 9.37. The molecule has 1 aromatic carbocycles. The maximum Gasteiger partial charge on any atom is 0.309 e. The van der Waals surface area contributed by atoms with Crippen LogP contribution in [0.15, 0.2) is 30.3 Å². The molecule has 1 saturated heterocycles. The lowest BCUT2D eigenvalue weighted by atomic mass is 9.90. The lowest BCUT2D eigenvalue weighted by Crippen LogP contribution is -2.32. The van der Waals surface area contributed by atoms with Crippen molar-refractivity contribution >= 4 is 25.6 Å². The predicted molar refractivity (Wildman–Crippen MR) is 86.4 cm³/mol. The van der Waals surface area contributed by atoms with E-state index in [1.807, 2.05) is 43.5 Å². The van der Waals surface area contributed by atoms with Gasteiger partial charge in [0.25, 0.3) is 0 Å². The fourth-order valence-corrected chi connectivity index (χ4v) is 3.43. The molecule has 2 radical (unpaired) electrons. The zero-order valence-corrected chi connectivity index (χ0v) is 13.4. The zero-order valence-electron chi connectivity index (χ0n) is 12.6. The summed E-state index contributed by atoms with van der Waals surface area (Å²) >= 11 is 1.69. The van der Waals surface area contributed by atoms with Crippen LogP contribution in [0.5, 0.6) is 0 Å². The Bertz CT molecular complexity index is 468. The number of hydrogen-bond donors (Lipinski definition) is 0. The van der Waals surface area contributed by atoms with E-state index in [4.69, 9.17) is 17.3 Å². The van der Waals surface area contributed by atoms with Crippen LogP contribution in [0.4, 0.5) is 0 Å². The first-order valence-corrected chi connectivity index (χ1v) is 8.53. The number of ether oxygens (including phenoxy) is 2. The molecule has 1 heterocycles. The van der Waals surface area contributed by atoms with E-state index >= 15 is 0 Å². The molecule has 0 saturated carbocycles. The Labute approximate surface area is 132 Å². The molecule has 1 fully saturated rings. The first-order valence-electron chi connectivity index (χ1n) is 7.24. The lowest BCUT2D eigenvalue weighted by molar-refractivity contribution is -0.152. The Morgan fingerprint density at radius 1 is 1.48 bits per heavy atom.